The molecule has 0 saturated heterocycles. The molecule has 0 aliphatic rings. The van der Waals surface area contributed by atoms with Gasteiger partial charge in [0.25, 0.3) is 0 Å². The van der Waals surface area contributed by atoms with Crippen LogP contribution in [0.25, 0.3) is 0 Å². The van der Waals surface area contributed by atoms with Crippen LogP contribution in [0.3, 0.4) is 0 Å². The Morgan fingerprint density at radius 2 is 1.79 bits per heavy atom. The van der Waals surface area contributed by atoms with Gasteiger partial charge in [0.05, 0.1) is 5.88 Å². The quantitative estimate of drug-likeness (QED) is 0.739. The van der Waals surface area contributed by atoms with Crippen LogP contribution in [-0.4, -0.2) is 13.6 Å². The van der Waals surface area contributed by atoms with Crippen molar-refractivity contribution in [2.45, 2.75) is 12.3 Å². The summed E-state index contributed by atoms with van der Waals surface area (Å²) in [5.41, 5.74) is 2.71. The average molecular weight is 278 g/mol. The Bertz CT molecular complexity index is 528. The van der Waals surface area contributed by atoms with Gasteiger partial charge in [0.1, 0.15) is 5.82 Å². The fraction of sp³-hybridized carbons (Fsp3) is 0.250. The Balaban J connectivity index is 2.08. The first-order chi connectivity index (χ1) is 9.22. The van der Waals surface area contributed by atoms with Gasteiger partial charge < -0.3 is 4.90 Å². The number of hydrogen-bond donors (Lipinski definition) is 0. The number of hydrogen-bond acceptors (Lipinski definition) is 1. The number of nitrogens with zero attached hydrogens (tertiary/aromatic N) is 1. The summed E-state index contributed by atoms with van der Waals surface area (Å²) in [6.07, 6.45) is 0.926. The van der Waals surface area contributed by atoms with E-state index in [4.69, 9.17) is 11.6 Å². The van der Waals surface area contributed by atoms with Crippen molar-refractivity contribution in [1.82, 2.24) is 0 Å². The summed E-state index contributed by atoms with van der Waals surface area (Å²) in [5.74, 6) is -0.0448. The molecule has 2 aromatic rings. The maximum Gasteiger partial charge on any atom is 0.129 e. The van der Waals surface area contributed by atoms with E-state index in [0.29, 0.717) is 5.56 Å². The second-order valence-corrected chi connectivity index (χ2v) is 4.80. The first-order valence-electron chi connectivity index (χ1n) is 6.31. The van der Waals surface area contributed by atoms with Gasteiger partial charge in [-0.3, -0.25) is 0 Å². The zero-order valence-electron chi connectivity index (χ0n) is 10.9. The number of likely N-dealkylation sites (N-methyl/N-ethyl adjacent to an activating group) is 1. The number of anilines is 1. The molecule has 0 aromatic heterocycles. The summed E-state index contributed by atoms with van der Waals surface area (Å²) >= 11 is 5.83. The van der Waals surface area contributed by atoms with E-state index in [0.717, 1.165) is 18.7 Å². The molecule has 3 heteroatoms. The van der Waals surface area contributed by atoms with Crippen molar-refractivity contribution >= 4 is 17.3 Å². The van der Waals surface area contributed by atoms with Crippen LogP contribution in [0.2, 0.25) is 0 Å². The van der Waals surface area contributed by atoms with Gasteiger partial charge in [-0.25, -0.2) is 4.39 Å². The zero-order chi connectivity index (χ0) is 13.7. The molecule has 0 amide bonds. The van der Waals surface area contributed by atoms with Crippen molar-refractivity contribution in [2.75, 3.05) is 18.5 Å². The Kier molecular flexibility index (Phi) is 4.80. The topological polar surface area (TPSA) is 3.24 Å². The summed E-state index contributed by atoms with van der Waals surface area (Å²) < 4.78 is 13.7. The van der Waals surface area contributed by atoms with Crippen LogP contribution in [-0.2, 0) is 12.3 Å². The first kappa shape index (κ1) is 13.9. The van der Waals surface area contributed by atoms with Crippen molar-refractivity contribution in [3.05, 3.63) is 65.5 Å². The molecule has 0 heterocycles. The van der Waals surface area contributed by atoms with E-state index >= 15 is 0 Å². The molecule has 2 aromatic carbocycles. The average Bonchev–Trinajstić information content (AvgIpc) is 2.45. The second kappa shape index (κ2) is 6.58. The molecule has 1 nitrogen and oxygen atoms in total. The molecule has 0 N–H and O–H groups in total. The second-order valence-electron chi connectivity index (χ2n) is 4.53. The molecule has 0 radical (unpaired) electrons. The zero-order valence-corrected chi connectivity index (χ0v) is 11.7. The predicted molar refractivity (Wildman–Crippen MR) is 79.4 cm³/mol. The van der Waals surface area contributed by atoms with E-state index in [1.165, 1.54) is 11.6 Å². The van der Waals surface area contributed by atoms with Gasteiger partial charge in [-0.05, 0) is 24.1 Å². The van der Waals surface area contributed by atoms with Gasteiger partial charge in [-0.1, -0.05) is 36.4 Å². The van der Waals surface area contributed by atoms with Gasteiger partial charge in [0.15, 0.2) is 0 Å². The summed E-state index contributed by atoms with van der Waals surface area (Å²) in [7, 11) is 1.97. The minimum Gasteiger partial charge on any atom is -0.374 e. The standard InChI is InChI=1S/C16H17ClFN/c1-19(11-10-13-6-3-2-4-7-13)16-9-5-8-15(18)14(16)12-17/h2-9H,10-12H2,1H3. The first-order valence-corrected chi connectivity index (χ1v) is 6.84. The highest BCUT2D eigenvalue weighted by atomic mass is 35.5. The molecule has 0 aliphatic carbocycles. The van der Waals surface area contributed by atoms with Crippen molar-refractivity contribution in [1.29, 1.82) is 0 Å². The molecule has 0 spiro atoms. The number of benzene rings is 2. The minimum atomic E-state index is -0.237. The van der Waals surface area contributed by atoms with Crippen LogP contribution < -0.4 is 4.90 Å². The SMILES string of the molecule is CN(CCc1ccccc1)c1cccc(F)c1CCl. The summed E-state index contributed by atoms with van der Waals surface area (Å²) in [6, 6.07) is 15.3. The van der Waals surface area contributed by atoms with E-state index in [2.05, 4.69) is 12.1 Å². The van der Waals surface area contributed by atoms with Crippen LogP contribution in [0.4, 0.5) is 10.1 Å². The summed E-state index contributed by atoms with van der Waals surface area (Å²) in [5, 5.41) is 0. The van der Waals surface area contributed by atoms with E-state index in [1.807, 2.05) is 36.2 Å². The largest absolute Gasteiger partial charge is 0.374 e. The normalized spacial score (nSPS) is 10.5. The monoisotopic (exact) mass is 277 g/mol. The minimum absolute atomic E-state index is 0.192. The van der Waals surface area contributed by atoms with Crippen LogP contribution in [0.15, 0.2) is 48.5 Å². The Hall–Kier alpha value is -1.54. The fourth-order valence-corrected chi connectivity index (χ4v) is 2.36. The molecule has 0 aliphatic heterocycles. The molecule has 0 unspecified atom stereocenters. The van der Waals surface area contributed by atoms with Gasteiger partial charge >= 0.3 is 0 Å². The van der Waals surface area contributed by atoms with Crippen molar-refractivity contribution < 1.29 is 4.39 Å². The molecule has 19 heavy (non-hydrogen) atoms. The van der Waals surface area contributed by atoms with Gasteiger partial charge in [0.2, 0.25) is 0 Å². The van der Waals surface area contributed by atoms with Crippen LogP contribution in [0, 0.1) is 5.82 Å². The Morgan fingerprint density at radius 1 is 1.05 bits per heavy atom. The Labute approximate surface area is 118 Å². The third-order valence-corrected chi connectivity index (χ3v) is 3.48. The molecular formula is C16H17ClFN. The maximum absolute atomic E-state index is 13.7. The van der Waals surface area contributed by atoms with Crippen LogP contribution >= 0.6 is 11.6 Å². The summed E-state index contributed by atoms with van der Waals surface area (Å²) in [6.45, 7) is 0.831. The lowest BCUT2D eigenvalue weighted by Crippen LogP contribution is -2.21. The fourth-order valence-electron chi connectivity index (χ4n) is 2.10. The Morgan fingerprint density at radius 3 is 2.47 bits per heavy atom. The predicted octanol–water partition coefficient (Wildman–Crippen LogP) is 4.24. The highest BCUT2D eigenvalue weighted by Gasteiger charge is 2.10. The molecule has 0 bridgehead atoms. The van der Waals surface area contributed by atoms with Crippen molar-refractivity contribution in [2.24, 2.45) is 0 Å². The summed E-state index contributed by atoms with van der Waals surface area (Å²) in [4.78, 5) is 2.05. The van der Waals surface area contributed by atoms with E-state index in [-0.39, 0.29) is 11.7 Å². The number of rotatable bonds is 5. The molecule has 0 fully saturated rings. The van der Waals surface area contributed by atoms with E-state index < -0.39 is 0 Å². The molecular weight excluding hydrogens is 261 g/mol. The molecule has 100 valence electrons. The highest BCUT2D eigenvalue weighted by molar-refractivity contribution is 6.17. The lowest BCUT2D eigenvalue weighted by atomic mass is 10.1. The van der Waals surface area contributed by atoms with Crippen LogP contribution in [0.1, 0.15) is 11.1 Å². The third-order valence-electron chi connectivity index (χ3n) is 3.22. The number of alkyl halides is 1. The van der Waals surface area contributed by atoms with Crippen molar-refractivity contribution in [3.8, 4) is 0 Å². The van der Waals surface area contributed by atoms with Crippen molar-refractivity contribution in [3.63, 3.8) is 0 Å². The van der Waals surface area contributed by atoms with Gasteiger partial charge in [-0.2, -0.15) is 0 Å². The van der Waals surface area contributed by atoms with Gasteiger partial charge in [0, 0.05) is 24.8 Å². The lowest BCUT2D eigenvalue weighted by Gasteiger charge is -2.22. The van der Waals surface area contributed by atoms with Gasteiger partial charge in [-0.15, -0.1) is 11.6 Å². The van der Waals surface area contributed by atoms with E-state index in [9.17, 15) is 4.39 Å². The molecule has 2 rings (SSSR count). The van der Waals surface area contributed by atoms with Crippen LogP contribution in [0.5, 0.6) is 0 Å². The third kappa shape index (κ3) is 3.48. The highest BCUT2D eigenvalue weighted by Crippen LogP contribution is 2.24. The van der Waals surface area contributed by atoms with E-state index in [1.54, 1.807) is 6.07 Å². The smallest absolute Gasteiger partial charge is 0.129 e. The lowest BCUT2D eigenvalue weighted by molar-refractivity contribution is 0.616. The number of halogens is 2. The maximum atomic E-state index is 13.7. The molecule has 0 atom stereocenters. The molecule has 0 saturated carbocycles.